The van der Waals surface area contributed by atoms with Crippen LogP contribution in [-0.4, -0.2) is 52.5 Å². The lowest BCUT2D eigenvalue weighted by molar-refractivity contribution is -0.140. The number of aliphatic hydroxyl groups is 1. The Bertz CT molecular complexity index is 806. The Morgan fingerprint density at radius 3 is 2.23 bits per heavy atom. The highest BCUT2D eigenvalue weighted by atomic mass is 16.3. The van der Waals surface area contributed by atoms with Crippen molar-refractivity contribution in [3.05, 3.63) is 41.1 Å². The van der Waals surface area contributed by atoms with Gasteiger partial charge < -0.3 is 10.0 Å². The molecule has 1 saturated carbocycles. The Morgan fingerprint density at radius 1 is 0.900 bits per heavy atom. The Morgan fingerprint density at radius 2 is 1.57 bits per heavy atom. The predicted octanol–water partition coefficient (Wildman–Crippen LogP) is 3.89. The fraction of sp³-hybridized carbons (Fsp3) is 0.600. The molecule has 1 unspecified atom stereocenters. The first-order valence-corrected chi connectivity index (χ1v) is 11.6. The first-order chi connectivity index (χ1) is 14.6. The first-order valence-electron chi connectivity index (χ1n) is 11.6. The molecule has 1 saturated heterocycles. The van der Waals surface area contributed by atoms with Crippen LogP contribution in [0.3, 0.4) is 0 Å². The second-order valence-electron chi connectivity index (χ2n) is 9.21. The number of carbonyl (C=O) groups is 2. The molecule has 1 atom stereocenters. The number of aryl methyl sites for hydroxylation is 1. The SMILES string of the molecule is Cc1ccc(C2=C(N3CCCC(CO)C3)C(=O)N(C3CCCCCCC3)C2=O)cc1. The molecule has 2 aliphatic heterocycles. The van der Waals surface area contributed by atoms with Crippen molar-refractivity contribution < 1.29 is 14.7 Å². The molecule has 0 radical (unpaired) electrons. The minimum Gasteiger partial charge on any atom is -0.396 e. The van der Waals surface area contributed by atoms with Crippen molar-refractivity contribution in [1.29, 1.82) is 0 Å². The smallest absolute Gasteiger partial charge is 0.278 e. The molecule has 2 heterocycles. The van der Waals surface area contributed by atoms with E-state index in [0.717, 1.165) is 56.2 Å². The molecule has 2 fully saturated rings. The second kappa shape index (κ2) is 9.34. The van der Waals surface area contributed by atoms with E-state index in [0.29, 0.717) is 17.8 Å². The van der Waals surface area contributed by atoms with Crippen molar-refractivity contribution in [3.8, 4) is 0 Å². The normalized spacial score (nSPS) is 24.4. The number of imide groups is 1. The van der Waals surface area contributed by atoms with Gasteiger partial charge in [0.15, 0.2) is 0 Å². The summed E-state index contributed by atoms with van der Waals surface area (Å²) in [6.45, 7) is 3.55. The number of rotatable bonds is 4. The fourth-order valence-corrected chi connectivity index (χ4v) is 5.25. The van der Waals surface area contributed by atoms with E-state index < -0.39 is 0 Å². The molecule has 1 aliphatic carbocycles. The predicted molar refractivity (Wildman–Crippen MR) is 117 cm³/mol. The van der Waals surface area contributed by atoms with Gasteiger partial charge in [0.05, 0.1) is 5.57 Å². The molecule has 1 aromatic carbocycles. The summed E-state index contributed by atoms with van der Waals surface area (Å²) >= 11 is 0. The van der Waals surface area contributed by atoms with E-state index in [9.17, 15) is 14.7 Å². The Balaban J connectivity index is 1.71. The highest BCUT2D eigenvalue weighted by molar-refractivity contribution is 6.35. The van der Waals surface area contributed by atoms with Gasteiger partial charge in [-0.15, -0.1) is 0 Å². The summed E-state index contributed by atoms with van der Waals surface area (Å²) in [6, 6.07) is 7.93. The number of hydrogen-bond donors (Lipinski definition) is 1. The van der Waals surface area contributed by atoms with E-state index in [4.69, 9.17) is 0 Å². The van der Waals surface area contributed by atoms with Crippen LogP contribution < -0.4 is 0 Å². The highest BCUT2D eigenvalue weighted by Crippen LogP contribution is 2.37. The van der Waals surface area contributed by atoms with Crippen molar-refractivity contribution in [3.63, 3.8) is 0 Å². The summed E-state index contributed by atoms with van der Waals surface area (Å²) in [7, 11) is 0. The fourth-order valence-electron chi connectivity index (χ4n) is 5.25. The summed E-state index contributed by atoms with van der Waals surface area (Å²) in [5, 5.41) is 9.69. The van der Waals surface area contributed by atoms with Gasteiger partial charge in [0, 0.05) is 25.7 Å². The van der Waals surface area contributed by atoms with Crippen molar-refractivity contribution in [1.82, 2.24) is 9.80 Å². The van der Waals surface area contributed by atoms with E-state index in [1.807, 2.05) is 31.2 Å². The molecule has 0 bridgehead atoms. The number of benzene rings is 1. The van der Waals surface area contributed by atoms with Crippen molar-refractivity contribution >= 4 is 17.4 Å². The van der Waals surface area contributed by atoms with Gasteiger partial charge in [0.2, 0.25) is 0 Å². The topological polar surface area (TPSA) is 60.9 Å². The summed E-state index contributed by atoms with van der Waals surface area (Å²) in [4.78, 5) is 31.0. The third kappa shape index (κ3) is 4.18. The molecule has 5 nitrogen and oxygen atoms in total. The van der Waals surface area contributed by atoms with Crippen LogP contribution in [0, 0.1) is 12.8 Å². The molecule has 1 N–H and O–H groups in total. The van der Waals surface area contributed by atoms with Crippen LogP contribution in [0.15, 0.2) is 30.0 Å². The standard InChI is InChI=1S/C25H34N2O3/c1-18-11-13-20(14-12-18)22-23(26-15-7-8-19(16-26)17-28)25(30)27(24(22)29)21-9-5-3-2-4-6-10-21/h11-14,19,21,28H,2-10,15-17H2,1H3. The largest absolute Gasteiger partial charge is 0.396 e. The molecular weight excluding hydrogens is 376 g/mol. The number of aliphatic hydroxyl groups excluding tert-OH is 1. The van der Waals surface area contributed by atoms with Gasteiger partial charge in [-0.2, -0.15) is 0 Å². The summed E-state index contributed by atoms with van der Waals surface area (Å²) in [5.41, 5.74) is 3.07. The van der Waals surface area contributed by atoms with E-state index >= 15 is 0 Å². The second-order valence-corrected chi connectivity index (χ2v) is 9.21. The Kier molecular flexibility index (Phi) is 6.57. The summed E-state index contributed by atoms with van der Waals surface area (Å²) in [6.07, 6.45) is 9.49. The van der Waals surface area contributed by atoms with Crippen LogP contribution in [0.1, 0.15) is 68.9 Å². The van der Waals surface area contributed by atoms with Gasteiger partial charge in [0.25, 0.3) is 11.8 Å². The molecule has 3 aliphatic rings. The van der Waals surface area contributed by atoms with E-state index in [2.05, 4.69) is 4.90 Å². The summed E-state index contributed by atoms with van der Waals surface area (Å²) in [5.74, 6) is -0.0980. The maximum Gasteiger partial charge on any atom is 0.278 e. The van der Waals surface area contributed by atoms with Gasteiger partial charge >= 0.3 is 0 Å². The van der Waals surface area contributed by atoms with Crippen molar-refractivity contribution in [2.24, 2.45) is 5.92 Å². The number of amides is 2. The van der Waals surface area contributed by atoms with Gasteiger partial charge in [0.1, 0.15) is 5.70 Å². The third-order valence-corrected chi connectivity index (χ3v) is 6.96. The molecule has 0 aromatic heterocycles. The van der Waals surface area contributed by atoms with Gasteiger partial charge in [-0.3, -0.25) is 14.5 Å². The molecule has 2 amide bonds. The monoisotopic (exact) mass is 410 g/mol. The lowest BCUT2D eigenvalue weighted by atomic mass is 9.95. The van der Waals surface area contributed by atoms with Gasteiger partial charge in [-0.1, -0.05) is 61.9 Å². The highest BCUT2D eigenvalue weighted by Gasteiger charge is 2.45. The summed E-state index contributed by atoms with van der Waals surface area (Å²) < 4.78 is 0. The van der Waals surface area contributed by atoms with Gasteiger partial charge in [-0.25, -0.2) is 0 Å². The quantitative estimate of drug-likeness (QED) is 0.765. The molecule has 30 heavy (non-hydrogen) atoms. The number of piperidine rings is 1. The Hall–Kier alpha value is -2.14. The molecule has 5 heteroatoms. The van der Waals surface area contributed by atoms with Crippen LogP contribution in [0.2, 0.25) is 0 Å². The molecule has 162 valence electrons. The third-order valence-electron chi connectivity index (χ3n) is 6.96. The Labute approximate surface area is 179 Å². The van der Waals surface area contributed by atoms with E-state index in [1.165, 1.54) is 19.3 Å². The molecule has 1 aromatic rings. The average molecular weight is 411 g/mol. The first kappa shape index (κ1) is 21.1. The van der Waals surface area contributed by atoms with Crippen LogP contribution >= 0.6 is 0 Å². The lowest BCUT2D eigenvalue weighted by Crippen LogP contribution is -2.44. The van der Waals surface area contributed by atoms with E-state index in [1.54, 1.807) is 4.90 Å². The van der Waals surface area contributed by atoms with Crippen molar-refractivity contribution in [2.45, 2.75) is 70.8 Å². The van der Waals surface area contributed by atoms with E-state index in [-0.39, 0.29) is 30.4 Å². The van der Waals surface area contributed by atoms with Crippen LogP contribution in [-0.2, 0) is 9.59 Å². The average Bonchev–Trinajstić information content (AvgIpc) is 2.99. The zero-order valence-corrected chi connectivity index (χ0v) is 18.1. The molecular formula is C25H34N2O3. The number of carbonyl (C=O) groups excluding carboxylic acids is 2. The number of hydrogen-bond acceptors (Lipinski definition) is 4. The number of nitrogens with zero attached hydrogens (tertiary/aromatic N) is 2. The molecule has 4 rings (SSSR count). The number of likely N-dealkylation sites (tertiary alicyclic amines) is 1. The maximum atomic E-state index is 13.7. The maximum absolute atomic E-state index is 13.7. The van der Waals surface area contributed by atoms with Gasteiger partial charge in [-0.05, 0) is 44.1 Å². The van der Waals surface area contributed by atoms with Crippen LogP contribution in [0.4, 0.5) is 0 Å². The minimum absolute atomic E-state index is 0.00155. The lowest BCUT2D eigenvalue weighted by Gasteiger charge is -2.35. The minimum atomic E-state index is -0.129. The van der Waals surface area contributed by atoms with Crippen LogP contribution in [0.5, 0.6) is 0 Å². The van der Waals surface area contributed by atoms with Crippen LogP contribution in [0.25, 0.3) is 5.57 Å². The van der Waals surface area contributed by atoms with Crippen molar-refractivity contribution in [2.75, 3.05) is 19.7 Å². The molecule has 0 spiro atoms. The zero-order valence-electron chi connectivity index (χ0n) is 18.1. The zero-order chi connectivity index (χ0) is 21.1.